The molecule has 0 saturated carbocycles. The van der Waals surface area contributed by atoms with Crippen LogP contribution in [-0.2, 0) is 6.54 Å². The summed E-state index contributed by atoms with van der Waals surface area (Å²) in [5, 5.41) is 2.12. The molecule has 0 fully saturated rings. The molecule has 0 aromatic carbocycles. The monoisotopic (exact) mass is 348 g/mol. The summed E-state index contributed by atoms with van der Waals surface area (Å²) < 4.78 is 1.17. The first-order chi connectivity index (χ1) is 8.31. The fourth-order valence-electron chi connectivity index (χ4n) is 1.70. The lowest BCUT2D eigenvalue weighted by Gasteiger charge is -2.24. The molecule has 0 aliphatic carbocycles. The third kappa shape index (κ3) is 5.34. The highest BCUT2D eigenvalue weighted by molar-refractivity contribution is 9.10. The Balaban J connectivity index is 2.29. The summed E-state index contributed by atoms with van der Waals surface area (Å²) in [6.07, 6.45) is 2.16. The van der Waals surface area contributed by atoms with Crippen molar-refractivity contribution in [3.8, 4) is 0 Å². The zero-order chi connectivity index (χ0) is 13.8. The summed E-state index contributed by atoms with van der Waals surface area (Å²) in [5.41, 5.74) is 5.70. The molecule has 0 unspecified atom stereocenters. The minimum atomic E-state index is -0.0257. The summed E-state index contributed by atoms with van der Waals surface area (Å²) in [5.74, 6) is 0. The van der Waals surface area contributed by atoms with Crippen LogP contribution in [0.25, 0.3) is 0 Å². The van der Waals surface area contributed by atoms with Crippen LogP contribution in [-0.4, -0.2) is 23.5 Å². The van der Waals surface area contributed by atoms with Crippen LogP contribution in [0.3, 0.4) is 0 Å². The molecule has 5 heteroatoms. The van der Waals surface area contributed by atoms with E-state index in [2.05, 4.69) is 53.2 Å². The number of thiophene rings is 1. The van der Waals surface area contributed by atoms with E-state index in [9.17, 15) is 0 Å². The minimum absolute atomic E-state index is 0.0257. The Hall–Kier alpha value is 0.0300. The second-order valence-electron chi connectivity index (χ2n) is 5.32. The number of hydrogen-bond donors (Lipinski definition) is 1. The highest BCUT2D eigenvalue weighted by Gasteiger charge is 2.20. The van der Waals surface area contributed by atoms with Crippen molar-refractivity contribution in [1.82, 2.24) is 4.90 Å². The van der Waals surface area contributed by atoms with Gasteiger partial charge in [-0.25, -0.2) is 0 Å². The van der Waals surface area contributed by atoms with Gasteiger partial charge in [0.15, 0.2) is 0 Å². The number of rotatable bonds is 7. The molecular weight excluding hydrogens is 328 g/mol. The van der Waals surface area contributed by atoms with Crippen LogP contribution >= 0.6 is 39.5 Å². The molecule has 0 aliphatic rings. The predicted molar refractivity (Wildman–Crippen MR) is 88.2 cm³/mol. The quantitative estimate of drug-likeness (QED) is 0.754. The van der Waals surface area contributed by atoms with Crippen LogP contribution in [0.15, 0.2) is 15.9 Å². The lowest BCUT2D eigenvalue weighted by Crippen LogP contribution is -2.30. The molecule has 18 heavy (non-hydrogen) atoms. The second-order valence-corrected chi connectivity index (χ2v) is 7.67. The van der Waals surface area contributed by atoms with Gasteiger partial charge >= 0.3 is 0 Å². The Morgan fingerprint density at radius 3 is 2.72 bits per heavy atom. The van der Waals surface area contributed by atoms with E-state index in [-0.39, 0.29) is 5.41 Å². The Labute approximate surface area is 128 Å². The Morgan fingerprint density at radius 2 is 2.22 bits per heavy atom. The van der Waals surface area contributed by atoms with E-state index < -0.39 is 0 Å². The van der Waals surface area contributed by atoms with Crippen molar-refractivity contribution in [2.45, 2.75) is 33.2 Å². The van der Waals surface area contributed by atoms with Crippen LogP contribution in [0.1, 0.15) is 31.6 Å². The molecule has 0 atom stereocenters. The van der Waals surface area contributed by atoms with Gasteiger partial charge in [-0.3, -0.25) is 0 Å². The van der Waals surface area contributed by atoms with E-state index in [1.165, 1.54) is 9.35 Å². The first-order valence-electron chi connectivity index (χ1n) is 6.02. The largest absolute Gasteiger partial charge is 0.393 e. The third-order valence-electron chi connectivity index (χ3n) is 3.06. The predicted octanol–water partition coefficient (Wildman–Crippen LogP) is 4.03. The lowest BCUT2D eigenvalue weighted by molar-refractivity contribution is 0.303. The van der Waals surface area contributed by atoms with E-state index >= 15 is 0 Å². The normalized spacial score (nSPS) is 12.1. The average molecular weight is 349 g/mol. The van der Waals surface area contributed by atoms with Crippen LogP contribution in [0.5, 0.6) is 0 Å². The van der Waals surface area contributed by atoms with Gasteiger partial charge in [0.1, 0.15) is 0 Å². The highest BCUT2D eigenvalue weighted by Crippen LogP contribution is 2.24. The van der Waals surface area contributed by atoms with E-state index in [1.54, 1.807) is 11.3 Å². The summed E-state index contributed by atoms with van der Waals surface area (Å²) in [7, 11) is 2.15. The highest BCUT2D eigenvalue weighted by atomic mass is 79.9. The topological polar surface area (TPSA) is 29.3 Å². The molecule has 0 spiro atoms. The molecule has 2 N–H and O–H groups in total. The number of nitrogens with zero attached hydrogens (tertiary/aromatic N) is 1. The summed E-state index contributed by atoms with van der Waals surface area (Å²) in [6.45, 7) is 6.31. The van der Waals surface area contributed by atoms with Crippen molar-refractivity contribution >= 4 is 44.5 Å². The van der Waals surface area contributed by atoms with Gasteiger partial charge in [-0.2, -0.15) is 0 Å². The number of halogens is 1. The van der Waals surface area contributed by atoms with Gasteiger partial charge in [0, 0.05) is 26.7 Å². The fraction of sp³-hybridized carbons (Fsp3) is 0.615. The molecule has 0 amide bonds. The summed E-state index contributed by atoms with van der Waals surface area (Å²) in [4.78, 5) is 4.35. The molecule has 2 nitrogen and oxygen atoms in total. The van der Waals surface area contributed by atoms with E-state index in [0.717, 1.165) is 25.9 Å². The molecule has 1 aromatic heterocycles. The Morgan fingerprint density at radius 1 is 1.56 bits per heavy atom. The molecule has 0 bridgehead atoms. The molecule has 1 aromatic rings. The van der Waals surface area contributed by atoms with E-state index in [1.807, 2.05) is 0 Å². The maximum absolute atomic E-state index is 5.73. The lowest BCUT2D eigenvalue weighted by atomic mass is 9.88. The van der Waals surface area contributed by atoms with Crippen molar-refractivity contribution in [1.29, 1.82) is 0 Å². The Kier molecular flexibility index (Phi) is 6.24. The van der Waals surface area contributed by atoms with E-state index in [0.29, 0.717) is 4.99 Å². The first-order valence-corrected chi connectivity index (χ1v) is 8.11. The average Bonchev–Trinajstić information content (AvgIpc) is 2.63. The fourth-order valence-corrected chi connectivity index (χ4v) is 3.33. The van der Waals surface area contributed by atoms with Crippen LogP contribution in [0, 0.1) is 5.41 Å². The maximum Gasteiger partial charge on any atom is 0.0784 e. The molecule has 0 aliphatic heterocycles. The van der Waals surface area contributed by atoms with Crippen LogP contribution in [0.4, 0.5) is 0 Å². The van der Waals surface area contributed by atoms with Gasteiger partial charge in [-0.1, -0.05) is 26.1 Å². The van der Waals surface area contributed by atoms with Crippen LogP contribution < -0.4 is 5.73 Å². The smallest absolute Gasteiger partial charge is 0.0784 e. The summed E-state index contributed by atoms with van der Waals surface area (Å²) >= 11 is 10.4. The Bertz CT molecular complexity index is 401. The van der Waals surface area contributed by atoms with Gasteiger partial charge < -0.3 is 10.6 Å². The zero-order valence-corrected chi connectivity index (χ0v) is 14.4. The van der Waals surface area contributed by atoms with Crippen molar-refractivity contribution in [2.24, 2.45) is 11.1 Å². The number of nitrogens with two attached hydrogens (primary N) is 1. The molecule has 1 rings (SSSR count). The van der Waals surface area contributed by atoms with E-state index in [4.69, 9.17) is 18.0 Å². The van der Waals surface area contributed by atoms with Gasteiger partial charge in [-0.15, -0.1) is 11.3 Å². The summed E-state index contributed by atoms with van der Waals surface area (Å²) in [6, 6.07) is 2.18. The minimum Gasteiger partial charge on any atom is -0.393 e. The second kappa shape index (κ2) is 6.98. The number of thiocarbonyl (C=S) groups is 1. The standard InChI is InChI=1S/C13H21BrN2S2/c1-13(2,12(15)17)5-4-6-16(3)8-11-7-10(14)9-18-11/h7,9H,4-6,8H2,1-3H3,(H2,15,17). The van der Waals surface area contributed by atoms with Crippen molar-refractivity contribution < 1.29 is 0 Å². The molecule has 0 radical (unpaired) electrons. The zero-order valence-electron chi connectivity index (χ0n) is 11.2. The van der Waals surface area contributed by atoms with Crippen molar-refractivity contribution in [2.75, 3.05) is 13.6 Å². The number of hydrogen-bond acceptors (Lipinski definition) is 3. The first kappa shape index (κ1) is 16.1. The van der Waals surface area contributed by atoms with Gasteiger partial charge in [0.2, 0.25) is 0 Å². The van der Waals surface area contributed by atoms with Gasteiger partial charge in [0.05, 0.1) is 4.99 Å². The molecule has 102 valence electrons. The maximum atomic E-state index is 5.73. The SMILES string of the molecule is CN(CCCC(C)(C)C(N)=S)Cc1cc(Br)cs1. The van der Waals surface area contributed by atoms with Crippen LogP contribution in [0.2, 0.25) is 0 Å². The third-order valence-corrected chi connectivity index (χ3v) is 5.29. The van der Waals surface area contributed by atoms with Gasteiger partial charge in [-0.05, 0) is 48.4 Å². The van der Waals surface area contributed by atoms with Gasteiger partial charge in [0.25, 0.3) is 0 Å². The molecule has 0 saturated heterocycles. The molecular formula is C13H21BrN2S2. The van der Waals surface area contributed by atoms with Crippen molar-refractivity contribution in [3.05, 3.63) is 20.8 Å². The van der Waals surface area contributed by atoms with Crippen molar-refractivity contribution in [3.63, 3.8) is 0 Å². The molecule has 1 heterocycles.